The SMILES string of the molecule is C1CCC(CC2C3CCCCC3OC3CCCCC32)CC1. The first kappa shape index (κ1) is 14.5. The molecule has 0 spiro atoms. The van der Waals surface area contributed by atoms with Crippen LogP contribution >= 0.6 is 0 Å². The number of ether oxygens (including phenoxy) is 1. The van der Waals surface area contributed by atoms with Crippen molar-refractivity contribution in [1.82, 2.24) is 0 Å². The maximum Gasteiger partial charge on any atom is 0.0609 e. The van der Waals surface area contributed by atoms with Gasteiger partial charge in [0.2, 0.25) is 0 Å². The van der Waals surface area contributed by atoms with Gasteiger partial charge in [-0.15, -0.1) is 0 Å². The maximum atomic E-state index is 6.61. The number of hydrogen-bond acceptors (Lipinski definition) is 1. The first-order chi connectivity index (χ1) is 10.4. The third kappa shape index (κ3) is 3.05. The molecule has 21 heavy (non-hydrogen) atoms. The summed E-state index contributed by atoms with van der Waals surface area (Å²) in [5.41, 5.74) is 0. The van der Waals surface area contributed by atoms with E-state index in [4.69, 9.17) is 4.74 Å². The highest BCUT2D eigenvalue weighted by molar-refractivity contribution is 4.95. The van der Waals surface area contributed by atoms with Gasteiger partial charge in [-0.05, 0) is 55.8 Å². The van der Waals surface area contributed by atoms with Crippen molar-refractivity contribution in [3.05, 3.63) is 0 Å². The van der Waals surface area contributed by atoms with Gasteiger partial charge in [-0.25, -0.2) is 0 Å². The van der Waals surface area contributed by atoms with Crippen molar-refractivity contribution in [3.63, 3.8) is 0 Å². The zero-order valence-electron chi connectivity index (χ0n) is 13.8. The topological polar surface area (TPSA) is 9.23 Å². The molecular formula is C20H34O. The molecule has 1 aliphatic heterocycles. The van der Waals surface area contributed by atoms with Crippen molar-refractivity contribution in [1.29, 1.82) is 0 Å². The largest absolute Gasteiger partial charge is 0.374 e. The predicted molar refractivity (Wildman–Crippen MR) is 87.3 cm³/mol. The van der Waals surface area contributed by atoms with Crippen molar-refractivity contribution in [2.75, 3.05) is 0 Å². The zero-order chi connectivity index (χ0) is 14.1. The molecule has 1 heteroatoms. The Bertz CT molecular complexity index is 311. The van der Waals surface area contributed by atoms with Crippen molar-refractivity contribution < 1.29 is 4.74 Å². The molecule has 4 rings (SSSR count). The highest BCUT2D eigenvalue weighted by Crippen LogP contribution is 2.50. The summed E-state index contributed by atoms with van der Waals surface area (Å²) < 4.78 is 6.61. The smallest absolute Gasteiger partial charge is 0.0609 e. The number of rotatable bonds is 2. The molecule has 0 bridgehead atoms. The molecule has 4 aliphatic rings. The molecule has 3 aliphatic carbocycles. The minimum atomic E-state index is 0.645. The van der Waals surface area contributed by atoms with E-state index in [0.717, 1.165) is 23.7 Å². The lowest BCUT2D eigenvalue weighted by Crippen LogP contribution is -2.50. The van der Waals surface area contributed by atoms with E-state index in [1.54, 1.807) is 6.42 Å². The van der Waals surface area contributed by atoms with Gasteiger partial charge in [0.05, 0.1) is 12.2 Å². The van der Waals surface area contributed by atoms with E-state index < -0.39 is 0 Å². The van der Waals surface area contributed by atoms with Crippen LogP contribution in [0.5, 0.6) is 0 Å². The molecule has 1 nitrogen and oxygen atoms in total. The van der Waals surface area contributed by atoms with Gasteiger partial charge >= 0.3 is 0 Å². The molecule has 4 fully saturated rings. The molecule has 0 aromatic carbocycles. The Balaban J connectivity index is 1.50. The fourth-order valence-electron chi connectivity index (χ4n) is 6.27. The summed E-state index contributed by atoms with van der Waals surface area (Å²) in [5, 5.41) is 0. The Morgan fingerprint density at radius 2 is 1.10 bits per heavy atom. The lowest BCUT2D eigenvalue weighted by atomic mass is 9.62. The standard InChI is InChI=1S/C20H34O/c1-2-8-15(9-3-1)14-18-16-10-4-6-12-19(16)21-20-13-7-5-11-17(18)20/h15-20H,1-14H2. The summed E-state index contributed by atoms with van der Waals surface area (Å²) in [6.45, 7) is 0. The summed E-state index contributed by atoms with van der Waals surface area (Å²) in [6, 6.07) is 0. The van der Waals surface area contributed by atoms with Gasteiger partial charge in [0.15, 0.2) is 0 Å². The van der Waals surface area contributed by atoms with Crippen LogP contribution in [-0.4, -0.2) is 12.2 Å². The quantitative estimate of drug-likeness (QED) is 0.632. The second-order valence-electron chi connectivity index (χ2n) is 8.51. The normalized spacial score (nSPS) is 44.9. The fraction of sp³-hybridized carbons (Fsp3) is 1.00. The van der Waals surface area contributed by atoms with Crippen LogP contribution in [0.25, 0.3) is 0 Å². The van der Waals surface area contributed by atoms with Crippen LogP contribution in [0, 0.1) is 23.7 Å². The van der Waals surface area contributed by atoms with Gasteiger partial charge in [0.25, 0.3) is 0 Å². The van der Waals surface area contributed by atoms with Gasteiger partial charge < -0.3 is 4.74 Å². The van der Waals surface area contributed by atoms with E-state index in [2.05, 4.69) is 0 Å². The molecule has 0 radical (unpaired) electrons. The van der Waals surface area contributed by atoms with Crippen molar-refractivity contribution in [2.45, 2.75) is 102 Å². The monoisotopic (exact) mass is 290 g/mol. The average molecular weight is 290 g/mol. The average Bonchev–Trinajstić information content (AvgIpc) is 2.55. The summed E-state index contributed by atoms with van der Waals surface area (Å²) in [4.78, 5) is 0. The third-order valence-electron chi connectivity index (χ3n) is 7.29. The Kier molecular flexibility index (Phi) is 4.57. The number of hydrogen-bond donors (Lipinski definition) is 0. The predicted octanol–water partition coefficient (Wildman–Crippen LogP) is 5.72. The lowest BCUT2D eigenvalue weighted by Gasteiger charge is -2.52. The van der Waals surface area contributed by atoms with Crippen LogP contribution in [0.4, 0.5) is 0 Å². The second kappa shape index (κ2) is 6.60. The second-order valence-corrected chi connectivity index (χ2v) is 8.51. The van der Waals surface area contributed by atoms with Gasteiger partial charge in [-0.1, -0.05) is 57.8 Å². The van der Waals surface area contributed by atoms with Crippen molar-refractivity contribution in [3.8, 4) is 0 Å². The van der Waals surface area contributed by atoms with Crippen LogP contribution in [-0.2, 0) is 4.74 Å². The van der Waals surface area contributed by atoms with Crippen molar-refractivity contribution >= 4 is 0 Å². The summed E-state index contributed by atoms with van der Waals surface area (Å²) in [7, 11) is 0. The highest BCUT2D eigenvalue weighted by atomic mass is 16.5. The van der Waals surface area contributed by atoms with E-state index in [0.29, 0.717) is 12.2 Å². The third-order valence-corrected chi connectivity index (χ3v) is 7.29. The molecule has 0 N–H and O–H groups in total. The van der Waals surface area contributed by atoms with Crippen LogP contribution < -0.4 is 0 Å². The zero-order valence-corrected chi connectivity index (χ0v) is 13.8. The summed E-state index contributed by atoms with van der Waals surface area (Å²) in [5.74, 6) is 3.95. The Labute approximate surface area is 131 Å². The van der Waals surface area contributed by atoms with E-state index in [1.807, 2.05) is 0 Å². The van der Waals surface area contributed by atoms with Gasteiger partial charge in [-0.3, -0.25) is 0 Å². The molecule has 4 unspecified atom stereocenters. The van der Waals surface area contributed by atoms with E-state index >= 15 is 0 Å². The molecule has 1 saturated heterocycles. The summed E-state index contributed by atoms with van der Waals surface area (Å²) in [6.07, 6.45) is 21.9. The van der Waals surface area contributed by atoms with E-state index in [9.17, 15) is 0 Å². The van der Waals surface area contributed by atoms with Crippen molar-refractivity contribution in [2.24, 2.45) is 23.7 Å². The number of fused-ring (bicyclic) bond motifs is 2. The molecule has 0 aromatic rings. The van der Waals surface area contributed by atoms with Crippen LogP contribution in [0.15, 0.2) is 0 Å². The Hall–Kier alpha value is -0.0400. The first-order valence-electron chi connectivity index (χ1n) is 10.1. The van der Waals surface area contributed by atoms with Gasteiger partial charge in [-0.2, -0.15) is 0 Å². The summed E-state index contributed by atoms with van der Waals surface area (Å²) >= 11 is 0. The molecular weight excluding hydrogens is 256 g/mol. The molecule has 0 aromatic heterocycles. The maximum absolute atomic E-state index is 6.61. The van der Waals surface area contributed by atoms with Gasteiger partial charge in [0.1, 0.15) is 0 Å². The van der Waals surface area contributed by atoms with Crippen LogP contribution in [0.3, 0.4) is 0 Å². The molecule has 4 atom stereocenters. The van der Waals surface area contributed by atoms with Crippen LogP contribution in [0.1, 0.15) is 89.9 Å². The lowest BCUT2D eigenvalue weighted by molar-refractivity contribution is -0.174. The highest BCUT2D eigenvalue weighted by Gasteiger charge is 2.46. The van der Waals surface area contributed by atoms with E-state index in [1.165, 1.54) is 83.5 Å². The van der Waals surface area contributed by atoms with E-state index in [-0.39, 0.29) is 0 Å². The minimum Gasteiger partial charge on any atom is -0.374 e. The van der Waals surface area contributed by atoms with Gasteiger partial charge in [0, 0.05) is 0 Å². The Morgan fingerprint density at radius 1 is 0.571 bits per heavy atom. The fourth-order valence-corrected chi connectivity index (χ4v) is 6.27. The Morgan fingerprint density at radius 3 is 1.71 bits per heavy atom. The molecule has 0 amide bonds. The minimum absolute atomic E-state index is 0.645. The molecule has 120 valence electrons. The molecule has 1 heterocycles. The molecule has 3 saturated carbocycles. The van der Waals surface area contributed by atoms with Crippen LogP contribution in [0.2, 0.25) is 0 Å². The first-order valence-corrected chi connectivity index (χ1v) is 10.1.